The lowest BCUT2D eigenvalue weighted by Crippen LogP contribution is -1.98. The van der Waals surface area contributed by atoms with Gasteiger partial charge in [0.25, 0.3) is 0 Å². The van der Waals surface area contributed by atoms with E-state index in [0.717, 1.165) is 27.8 Å². The van der Waals surface area contributed by atoms with Crippen LogP contribution in [0, 0.1) is 11.3 Å². The third kappa shape index (κ3) is 5.45. The number of aromatic nitrogens is 1. The van der Waals surface area contributed by atoms with E-state index in [1.54, 1.807) is 26.5 Å². The maximum Gasteiger partial charge on any atom is 0.162 e. The van der Waals surface area contributed by atoms with Gasteiger partial charge < -0.3 is 24.3 Å². The molecule has 0 aliphatic rings. The molecule has 0 amide bonds. The molecule has 0 fully saturated rings. The zero-order valence-corrected chi connectivity index (χ0v) is 21.0. The number of benzene rings is 4. The van der Waals surface area contributed by atoms with Crippen LogP contribution < -0.4 is 24.3 Å². The maximum atomic E-state index is 9.27. The smallest absolute Gasteiger partial charge is 0.162 e. The van der Waals surface area contributed by atoms with Crippen LogP contribution >= 0.6 is 0 Å². The Morgan fingerprint density at radius 1 is 0.789 bits per heavy atom. The minimum absolute atomic E-state index is 0.301. The van der Waals surface area contributed by atoms with Gasteiger partial charge in [0.15, 0.2) is 11.5 Å². The first-order valence-electron chi connectivity index (χ1n) is 11.9. The highest BCUT2D eigenvalue weighted by Gasteiger charge is 2.10. The van der Waals surface area contributed by atoms with E-state index in [4.69, 9.17) is 18.9 Å². The highest BCUT2D eigenvalue weighted by Crippen LogP contribution is 2.35. The molecule has 0 bridgehead atoms. The Bertz CT molecular complexity index is 1610. The lowest BCUT2D eigenvalue weighted by Gasteiger charge is -2.13. The van der Waals surface area contributed by atoms with Crippen LogP contribution in [0.5, 0.6) is 28.7 Å². The van der Waals surface area contributed by atoms with Gasteiger partial charge in [-0.1, -0.05) is 24.3 Å². The van der Waals surface area contributed by atoms with Gasteiger partial charge in [0, 0.05) is 40.7 Å². The van der Waals surface area contributed by atoms with Gasteiger partial charge in [-0.3, -0.25) is 4.98 Å². The zero-order valence-electron chi connectivity index (χ0n) is 21.0. The molecule has 0 saturated carbocycles. The largest absolute Gasteiger partial charge is 0.493 e. The molecule has 1 aromatic heterocycles. The third-order valence-electron chi connectivity index (χ3n) is 5.95. The summed E-state index contributed by atoms with van der Waals surface area (Å²) in [6.07, 6.45) is 1.75. The normalized spacial score (nSPS) is 10.4. The predicted octanol–water partition coefficient (Wildman–Crippen LogP) is 7.24. The maximum absolute atomic E-state index is 9.27. The van der Waals surface area contributed by atoms with Gasteiger partial charge >= 0.3 is 0 Å². The van der Waals surface area contributed by atoms with Gasteiger partial charge in [0.1, 0.15) is 23.9 Å². The molecule has 0 aliphatic heterocycles. The highest BCUT2D eigenvalue weighted by atomic mass is 16.5. The Morgan fingerprint density at radius 3 is 2.34 bits per heavy atom. The molecule has 5 aromatic rings. The predicted molar refractivity (Wildman–Crippen MR) is 147 cm³/mol. The number of hydrogen-bond donors (Lipinski definition) is 1. The summed E-state index contributed by atoms with van der Waals surface area (Å²) in [5.74, 6) is 3.27. The summed E-state index contributed by atoms with van der Waals surface area (Å²) in [7, 11) is 3.22. The fourth-order valence-electron chi connectivity index (χ4n) is 4.02. The number of nitrogens with zero attached hydrogens (tertiary/aromatic N) is 2. The Labute approximate surface area is 220 Å². The summed E-state index contributed by atoms with van der Waals surface area (Å²) < 4.78 is 22.8. The number of methoxy groups -OCH3 is 2. The van der Waals surface area contributed by atoms with Crippen molar-refractivity contribution in [1.82, 2.24) is 4.98 Å². The van der Waals surface area contributed by atoms with Gasteiger partial charge in [-0.05, 0) is 54.6 Å². The fourth-order valence-corrected chi connectivity index (χ4v) is 4.02. The molecule has 7 nitrogen and oxygen atoms in total. The van der Waals surface area contributed by atoms with E-state index in [9.17, 15) is 5.26 Å². The number of anilines is 2. The first-order chi connectivity index (χ1) is 18.7. The number of nitriles is 1. The highest BCUT2D eigenvalue weighted by molar-refractivity contribution is 5.95. The molecule has 0 radical (unpaired) electrons. The number of nitrogens with one attached hydrogen (secondary N) is 1. The van der Waals surface area contributed by atoms with Gasteiger partial charge in [-0.25, -0.2) is 0 Å². The number of fused-ring (bicyclic) bond motifs is 1. The lowest BCUT2D eigenvalue weighted by atomic mass is 10.1. The second kappa shape index (κ2) is 11.2. The Balaban J connectivity index is 1.27. The standard InChI is InChI=1S/C31H25N3O4/c1-35-30-17-27-28(14-15-33-29(27)18-31(30)36-2)34-23-10-12-24(13-11-23)38-26-9-5-8-25(16-26)37-20-22-7-4-3-6-21(22)19-32/h3-18H,20H2,1-2H3,(H,33,34). The topological polar surface area (TPSA) is 85.6 Å². The number of hydrogen-bond acceptors (Lipinski definition) is 7. The molecule has 1 N–H and O–H groups in total. The Morgan fingerprint density at radius 2 is 1.55 bits per heavy atom. The van der Waals surface area contributed by atoms with Crippen LogP contribution in [0.15, 0.2) is 97.2 Å². The fraction of sp³-hybridized carbons (Fsp3) is 0.0968. The molecule has 1 heterocycles. The third-order valence-corrected chi connectivity index (χ3v) is 5.95. The summed E-state index contributed by atoms with van der Waals surface area (Å²) in [5.41, 5.74) is 4.03. The molecule has 5 rings (SSSR count). The van der Waals surface area contributed by atoms with E-state index in [0.29, 0.717) is 40.9 Å². The van der Waals surface area contributed by atoms with Crippen LogP contribution in [-0.2, 0) is 6.61 Å². The number of pyridine rings is 1. The Hall–Kier alpha value is -5.22. The second-order valence-electron chi connectivity index (χ2n) is 8.37. The molecule has 188 valence electrons. The van der Waals surface area contributed by atoms with Crippen molar-refractivity contribution in [1.29, 1.82) is 5.26 Å². The monoisotopic (exact) mass is 503 g/mol. The van der Waals surface area contributed by atoms with E-state index >= 15 is 0 Å². The first-order valence-corrected chi connectivity index (χ1v) is 11.9. The van der Waals surface area contributed by atoms with E-state index in [1.807, 2.05) is 84.9 Å². The summed E-state index contributed by atoms with van der Waals surface area (Å²) in [5, 5.41) is 13.6. The molecular formula is C31H25N3O4. The van der Waals surface area contributed by atoms with Gasteiger partial charge in [-0.15, -0.1) is 0 Å². The molecule has 7 heteroatoms. The first kappa shape index (κ1) is 24.5. The number of rotatable bonds is 9. The van der Waals surface area contributed by atoms with Crippen LogP contribution in [0.4, 0.5) is 11.4 Å². The average molecular weight is 504 g/mol. The lowest BCUT2D eigenvalue weighted by molar-refractivity contribution is 0.304. The average Bonchev–Trinajstić information content (AvgIpc) is 2.97. The van der Waals surface area contributed by atoms with E-state index in [1.165, 1.54) is 0 Å². The summed E-state index contributed by atoms with van der Waals surface area (Å²) >= 11 is 0. The summed E-state index contributed by atoms with van der Waals surface area (Å²) in [6, 6.07) is 30.4. The van der Waals surface area contributed by atoms with E-state index in [2.05, 4.69) is 16.4 Å². The molecular weight excluding hydrogens is 478 g/mol. The molecule has 38 heavy (non-hydrogen) atoms. The number of ether oxygens (including phenoxy) is 4. The Kier molecular flexibility index (Phi) is 7.23. The van der Waals surface area contributed by atoms with Crippen molar-refractivity contribution in [3.63, 3.8) is 0 Å². The van der Waals surface area contributed by atoms with Crippen molar-refractivity contribution in [3.05, 3.63) is 108 Å². The molecule has 0 aliphatic carbocycles. The van der Waals surface area contributed by atoms with E-state index < -0.39 is 0 Å². The SMILES string of the molecule is COc1cc2nccc(Nc3ccc(Oc4cccc(OCc5ccccc5C#N)c4)cc3)c2cc1OC. The van der Waals surface area contributed by atoms with Crippen molar-refractivity contribution in [2.75, 3.05) is 19.5 Å². The van der Waals surface area contributed by atoms with Crippen LogP contribution in [0.25, 0.3) is 10.9 Å². The summed E-state index contributed by atoms with van der Waals surface area (Å²) in [6.45, 7) is 0.301. The van der Waals surface area contributed by atoms with Crippen LogP contribution in [-0.4, -0.2) is 19.2 Å². The van der Waals surface area contributed by atoms with Crippen molar-refractivity contribution in [2.45, 2.75) is 6.61 Å². The van der Waals surface area contributed by atoms with Crippen LogP contribution in [0.2, 0.25) is 0 Å². The minimum Gasteiger partial charge on any atom is -0.493 e. The molecule has 0 spiro atoms. The molecule has 4 aromatic carbocycles. The summed E-state index contributed by atoms with van der Waals surface area (Å²) in [4.78, 5) is 4.45. The molecule has 0 saturated heterocycles. The second-order valence-corrected chi connectivity index (χ2v) is 8.37. The molecule has 0 atom stereocenters. The van der Waals surface area contributed by atoms with Crippen molar-refractivity contribution in [2.24, 2.45) is 0 Å². The van der Waals surface area contributed by atoms with Gasteiger partial charge in [0.2, 0.25) is 0 Å². The van der Waals surface area contributed by atoms with Gasteiger partial charge in [-0.2, -0.15) is 5.26 Å². The minimum atomic E-state index is 0.301. The van der Waals surface area contributed by atoms with Crippen LogP contribution in [0.1, 0.15) is 11.1 Å². The van der Waals surface area contributed by atoms with E-state index in [-0.39, 0.29) is 0 Å². The molecule has 0 unspecified atom stereocenters. The zero-order chi connectivity index (χ0) is 26.3. The van der Waals surface area contributed by atoms with Crippen LogP contribution in [0.3, 0.4) is 0 Å². The van der Waals surface area contributed by atoms with Crippen molar-refractivity contribution >= 4 is 22.3 Å². The van der Waals surface area contributed by atoms with Crippen molar-refractivity contribution in [3.8, 4) is 34.8 Å². The van der Waals surface area contributed by atoms with Gasteiger partial charge in [0.05, 0.1) is 31.4 Å². The van der Waals surface area contributed by atoms with Crippen molar-refractivity contribution < 1.29 is 18.9 Å². The quantitative estimate of drug-likeness (QED) is 0.227.